The number of hydrogen-bond acceptors (Lipinski definition) is 3. The van der Waals surface area contributed by atoms with Crippen LogP contribution < -0.4 is 0 Å². The molecule has 0 radical (unpaired) electrons. The molecule has 1 aliphatic heterocycles. The van der Waals surface area contributed by atoms with Crippen LogP contribution in [-0.2, 0) is 11.2 Å². The molecular weight excluding hydrogens is 266 g/mol. The van der Waals surface area contributed by atoms with Crippen molar-refractivity contribution in [3.05, 3.63) is 29.6 Å². The standard InChI is InChI=1S/C16H21N3O2/c1-11-3-2-4-13-16(11)18-14(17-13)5-6-15(21)19-8-7-12(9-19)10-20/h2-4,12,20H,5-10H2,1H3,(H,17,18). The van der Waals surface area contributed by atoms with E-state index in [4.69, 9.17) is 5.11 Å². The summed E-state index contributed by atoms with van der Waals surface area (Å²) in [7, 11) is 0. The Bertz CT molecular complexity index is 650. The van der Waals surface area contributed by atoms with Gasteiger partial charge < -0.3 is 15.0 Å². The van der Waals surface area contributed by atoms with Crippen LogP contribution in [0.2, 0.25) is 0 Å². The maximum absolute atomic E-state index is 12.2. The van der Waals surface area contributed by atoms with Crippen molar-refractivity contribution < 1.29 is 9.90 Å². The van der Waals surface area contributed by atoms with E-state index in [0.717, 1.165) is 35.4 Å². The summed E-state index contributed by atoms with van der Waals surface area (Å²) in [4.78, 5) is 21.9. The number of amides is 1. The number of aromatic nitrogens is 2. The molecule has 1 saturated heterocycles. The second kappa shape index (κ2) is 5.85. The topological polar surface area (TPSA) is 69.2 Å². The Morgan fingerprint density at radius 2 is 2.38 bits per heavy atom. The third-order valence-electron chi connectivity index (χ3n) is 4.24. The summed E-state index contributed by atoms with van der Waals surface area (Å²) in [5.74, 6) is 1.27. The highest BCUT2D eigenvalue weighted by atomic mass is 16.3. The molecule has 1 atom stereocenters. The maximum atomic E-state index is 12.2. The number of carbonyl (C=O) groups excluding carboxylic acids is 1. The number of carbonyl (C=O) groups is 1. The van der Waals surface area contributed by atoms with Crippen LogP contribution >= 0.6 is 0 Å². The van der Waals surface area contributed by atoms with Crippen molar-refractivity contribution in [1.82, 2.24) is 14.9 Å². The molecule has 2 aromatic rings. The second-order valence-electron chi connectivity index (χ2n) is 5.83. The van der Waals surface area contributed by atoms with Crippen molar-refractivity contribution in [3.8, 4) is 0 Å². The molecule has 5 heteroatoms. The third-order valence-corrected chi connectivity index (χ3v) is 4.24. The van der Waals surface area contributed by atoms with Crippen molar-refractivity contribution in [2.45, 2.75) is 26.2 Å². The van der Waals surface area contributed by atoms with Gasteiger partial charge in [-0.1, -0.05) is 12.1 Å². The zero-order valence-corrected chi connectivity index (χ0v) is 12.3. The van der Waals surface area contributed by atoms with E-state index in [0.29, 0.717) is 19.4 Å². The van der Waals surface area contributed by atoms with Gasteiger partial charge in [-0.15, -0.1) is 0 Å². The molecule has 21 heavy (non-hydrogen) atoms. The van der Waals surface area contributed by atoms with Gasteiger partial charge in [0.1, 0.15) is 5.82 Å². The minimum Gasteiger partial charge on any atom is -0.396 e. The van der Waals surface area contributed by atoms with Gasteiger partial charge in [0, 0.05) is 38.5 Å². The van der Waals surface area contributed by atoms with Gasteiger partial charge in [0.15, 0.2) is 0 Å². The third kappa shape index (κ3) is 2.93. The molecule has 0 aliphatic carbocycles. The van der Waals surface area contributed by atoms with Crippen LogP contribution in [0.25, 0.3) is 11.0 Å². The molecule has 0 bridgehead atoms. The van der Waals surface area contributed by atoms with Gasteiger partial charge in [-0.25, -0.2) is 4.98 Å². The Morgan fingerprint density at radius 1 is 1.52 bits per heavy atom. The zero-order valence-electron chi connectivity index (χ0n) is 12.3. The van der Waals surface area contributed by atoms with E-state index in [1.165, 1.54) is 0 Å². The number of rotatable bonds is 4. The highest BCUT2D eigenvalue weighted by molar-refractivity contribution is 5.79. The Balaban J connectivity index is 1.61. The number of nitrogens with zero attached hydrogens (tertiary/aromatic N) is 2. The largest absolute Gasteiger partial charge is 0.396 e. The SMILES string of the molecule is Cc1cccc2[nH]c(CCC(=O)N3CCC(CO)C3)nc12. The lowest BCUT2D eigenvalue weighted by Gasteiger charge is -2.15. The molecule has 1 amide bonds. The first-order valence-electron chi connectivity index (χ1n) is 7.50. The number of nitrogens with one attached hydrogen (secondary N) is 1. The van der Waals surface area contributed by atoms with E-state index in [9.17, 15) is 4.79 Å². The van der Waals surface area contributed by atoms with Gasteiger partial charge in [-0.2, -0.15) is 0 Å². The monoisotopic (exact) mass is 287 g/mol. The molecule has 1 aromatic heterocycles. The first kappa shape index (κ1) is 14.1. The fraction of sp³-hybridized carbons (Fsp3) is 0.500. The Kier molecular flexibility index (Phi) is 3.92. The van der Waals surface area contributed by atoms with Crippen molar-refractivity contribution in [2.75, 3.05) is 19.7 Å². The summed E-state index contributed by atoms with van der Waals surface area (Å²) in [6.45, 7) is 3.67. The fourth-order valence-corrected chi connectivity index (χ4v) is 2.94. The van der Waals surface area contributed by atoms with E-state index >= 15 is 0 Å². The number of aryl methyl sites for hydroxylation is 2. The molecule has 0 saturated carbocycles. The molecule has 1 unspecified atom stereocenters. The molecule has 1 aromatic carbocycles. The quantitative estimate of drug-likeness (QED) is 0.898. The molecule has 3 rings (SSSR count). The number of aliphatic hydroxyl groups excluding tert-OH is 1. The average Bonchev–Trinajstić information content (AvgIpc) is 3.12. The van der Waals surface area contributed by atoms with Crippen molar-refractivity contribution in [3.63, 3.8) is 0 Å². The molecule has 112 valence electrons. The first-order valence-corrected chi connectivity index (χ1v) is 7.50. The lowest BCUT2D eigenvalue weighted by atomic mass is 10.1. The van der Waals surface area contributed by atoms with E-state index < -0.39 is 0 Å². The minimum atomic E-state index is 0.156. The predicted molar refractivity (Wildman–Crippen MR) is 80.9 cm³/mol. The summed E-state index contributed by atoms with van der Waals surface area (Å²) in [6, 6.07) is 6.05. The molecular formula is C16H21N3O2. The van der Waals surface area contributed by atoms with Crippen LogP contribution in [0.1, 0.15) is 24.2 Å². The van der Waals surface area contributed by atoms with Crippen molar-refractivity contribution >= 4 is 16.9 Å². The highest BCUT2D eigenvalue weighted by Gasteiger charge is 2.25. The lowest BCUT2D eigenvalue weighted by molar-refractivity contribution is -0.130. The van der Waals surface area contributed by atoms with Crippen LogP contribution in [0.5, 0.6) is 0 Å². The van der Waals surface area contributed by atoms with Crippen molar-refractivity contribution in [2.24, 2.45) is 5.92 Å². The Labute approximate surface area is 124 Å². The normalized spacial score (nSPS) is 18.6. The number of H-pyrrole nitrogens is 1. The average molecular weight is 287 g/mol. The summed E-state index contributed by atoms with van der Waals surface area (Å²) in [5, 5.41) is 9.13. The van der Waals surface area contributed by atoms with Crippen LogP contribution in [0.15, 0.2) is 18.2 Å². The number of likely N-dealkylation sites (tertiary alicyclic amines) is 1. The lowest BCUT2D eigenvalue weighted by Crippen LogP contribution is -2.29. The van der Waals surface area contributed by atoms with E-state index in [1.54, 1.807) is 0 Å². The van der Waals surface area contributed by atoms with Crippen LogP contribution in [0.3, 0.4) is 0 Å². The molecule has 2 N–H and O–H groups in total. The maximum Gasteiger partial charge on any atom is 0.223 e. The molecule has 5 nitrogen and oxygen atoms in total. The Hall–Kier alpha value is -1.88. The van der Waals surface area contributed by atoms with Crippen LogP contribution in [0.4, 0.5) is 0 Å². The van der Waals surface area contributed by atoms with E-state index in [1.807, 2.05) is 30.0 Å². The second-order valence-corrected chi connectivity index (χ2v) is 5.83. The highest BCUT2D eigenvalue weighted by Crippen LogP contribution is 2.18. The summed E-state index contributed by atoms with van der Waals surface area (Å²) in [6.07, 6.45) is 2.01. The molecule has 1 aliphatic rings. The van der Waals surface area contributed by atoms with Crippen molar-refractivity contribution in [1.29, 1.82) is 0 Å². The zero-order chi connectivity index (χ0) is 14.8. The molecule has 2 heterocycles. The summed E-state index contributed by atoms with van der Waals surface area (Å²) >= 11 is 0. The number of imidazole rings is 1. The first-order chi connectivity index (χ1) is 10.2. The van der Waals surface area contributed by atoms with Gasteiger partial charge in [0.2, 0.25) is 5.91 Å². The fourth-order valence-electron chi connectivity index (χ4n) is 2.94. The van der Waals surface area contributed by atoms with Gasteiger partial charge in [-0.3, -0.25) is 4.79 Å². The molecule has 0 spiro atoms. The number of aromatic amines is 1. The number of aliphatic hydroxyl groups is 1. The van der Waals surface area contributed by atoms with E-state index in [-0.39, 0.29) is 18.4 Å². The van der Waals surface area contributed by atoms with Gasteiger partial charge in [0.05, 0.1) is 11.0 Å². The number of benzene rings is 1. The smallest absolute Gasteiger partial charge is 0.223 e. The van der Waals surface area contributed by atoms with Crippen LogP contribution in [-0.4, -0.2) is 45.6 Å². The van der Waals surface area contributed by atoms with Gasteiger partial charge >= 0.3 is 0 Å². The predicted octanol–water partition coefficient (Wildman–Crippen LogP) is 1.64. The number of hydrogen-bond donors (Lipinski definition) is 2. The van der Waals surface area contributed by atoms with Gasteiger partial charge in [-0.05, 0) is 25.0 Å². The van der Waals surface area contributed by atoms with E-state index in [2.05, 4.69) is 9.97 Å². The number of para-hydroxylation sites is 1. The number of fused-ring (bicyclic) bond motifs is 1. The summed E-state index contributed by atoms with van der Waals surface area (Å²) in [5.41, 5.74) is 3.16. The Morgan fingerprint density at radius 3 is 3.10 bits per heavy atom. The van der Waals surface area contributed by atoms with Crippen LogP contribution in [0, 0.1) is 12.8 Å². The minimum absolute atomic E-state index is 0.156. The molecule has 1 fully saturated rings. The summed E-state index contributed by atoms with van der Waals surface area (Å²) < 4.78 is 0. The van der Waals surface area contributed by atoms with Gasteiger partial charge in [0.25, 0.3) is 0 Å².